The van der Waals surface area contributed by atoms with Crippen LogP contribution in [0, 0.1) is 22.7 Å². The van der Waals surface area contributed by atoms with Gasteiger partial charge in [0.25, 0.3) is 5.91 Å². The van der Waals surface area contributed by atoms with Crippen LogP contribution in [-0.4, -0.2) is 38.5 Å². The van der Waals surface area contributed by atoms with E-state index < -0.39 is 11.6 Å². The Bertz CT molecular complexity index is 676. The molecule has 2 rings (SSSR count). The number of nitriles is 2. The van der Waals surface area contributed by atoms with Gasteiger partial charge in [0, 0.05) is 13.1 Å². The summed E-state index contributed by atoms with van der Waals surface area (Å²) >= 11 is 0. The zero-order valence-electron chi connectivity index (χ0n) is 11.8. The number of hydrogen-bond donors (Lipinski definition) is 1. The van der Waals surface area contributed by atoms with E-state index in [1.54, 1.807) is 18.4 Å². The van der Waals surface area contributed by atoms with Gasteiger partial charge in [-0.15, -0.1) is 0 Å². The van der Waals surface area contributed by atoms with Crippen LogP contribution in [0.1, 0.15) is 31.7 Å². The molecule has 3 amide bonds. The molecule has 1 aromatic rings. The Hall–Kier alpha value is -2.87. The fourth-order valence-corrected chi connectivity index (χ4v) is 2.17. The lowest BCUT2D eigenvalue weighted by Crippen LogP contribution is -2.40. The zero-order chi connectivity index (χ0) is 15.6. The largest absolute Gasteiger partial charge is 0.325 e. The van der Waals surface area contributed by atoms with Crippen LogP contribution < -0.4 is 5.32 Å². The van der Waals surface area contributed by atoms with Crippen molar-refractivity contribution in [2.24, 2.45) is 0 Å². The van der Waals surface area contributed by atoms with Crippen molar-refractivity contribution < 1.29 is 9.59 Å². The van der Waals surface area contributed by atoms with E-state index in [9.17, 15) is 9.59 Å². The van der Waals surface area contributed by atoms with Crippen molar-refractivity contribution in [2.45, 2.75) is 32.4 Å². The lowest BCUT2D eigenvalue weighted by molar-refractivity contribution is -0.130. The minimum absolute atomic E-state index is 0.0774. The van der Waals surface area contributed by atoms with Crippen molar-refractivity contribution in [2.75, 3.05) is 6.54 Å². The summed E-state index contributed by atoms with van der Waals surface area (Å²) in [4.78, 5) is 28.7. The molecular formula is C13H14N6O2. The van der Waals surface area contributed by atoms with Gasteiger partial charge >= 0.3 is 6.03 Å². The highest BCUT2D eigenvalue weighted by Gasteiger charge is 2.43. The van der Waals surface area contributed by atoms with E-state index in [0.717, 1.165) is 4.90 Å². The van der Waals surface area contributed by atoms with Gasteiger partial charge in [0.2, 0.25) is 0 Å². The summed E-state index contributed by atoms with van der Waals surface area (Å²) in [7, 11) is 0. The number of nitrogens with one attached hydrogen (secondary N) is 1. The fraction of sp³-hybridized carbons (Fsp3) is 0.462. The predicted octanol–water partition coefficient (Wildman–Crippen LogP) is 0.347. The second-order valence-electron chi connectivity index (χ2n) is 5.22. The lowest BCUT2D eigenvalue weighted by atomic mass is 10.1. The molecule has 1 aromatic heterocycles. The Morgan fingerprint density at radius 1 is 1.29 bits per heavy atom. The number of imidazole rings is 1. The number of imide groups is 1. The Morgan fingerprint density at radius 2 is 2.00 bits per heavy atom. The molecule has 0 saturated carbocycles. The Labute approximate surface area is 121 Å². The average molecular weight is 286 g/mol. The first-order chi connectivity index (χ1) is 9.90. The summed E-state index contributed by atoms with van der Waals surface area (Å²) in [6.07, 6.45) is 1.89. The van der Waals surface area contributed by atoms with Crippen molar-refractivity contribution >= 4 is 11.9 Å². The van der Waals surface area contributed by atoms with Crippen molar-refractivity contribution in [1.29, 1.82) is 10.5 Å². The molecule has 0 aliphatic carbocycles. The maximum atomic E-state index is 12.0. The van der Waals surface area contributed by atoms with Gasteiger partial charge in [0.15, 0.2) is 11.4 Å². The normalized spacial score (nSPS) is 16.5. The third kappa shape index (κ3) is 2.56. The summed E-state index contributed by atoms with van der Waals surface area (Å²) in [5.74, 6) is -0.267. The average Bonchev–Trinajstić information content (AvgIpc) is 2.91. The Morgan fingerprint density at radius 3 is 2.52 bits per heavy atom. The smallest absolute Gasteiger partial charge is 0.324 e. The van der Waals surface area contributed by atoms with Gasteiger partial charge in [0.05, 0.1) is 6.33 Å². The van der Waals surface area contributed by atoms with Gasteiger partial charge in [-0.25, -0.2) is 9.78 Å². The molecule has 21 heavy (non-hydrogen) atoms. The molecule has 0 radical (unpaired) electrons. The topological polar surface area (TPSA) is 115 Å². The second kappa shape index (κ2) is 5.25. The highest BCUT2D eigenvalue weighted by molar-refractivity contribution is 6.06. The minimum atomic E-state index is -0.877. The van der Waals surface area contributed by atoms with Crippen LogP contribution in [-0.2, 0) is 11.3 Å². The minimum Gasteiger partial charge on any atom is -0.324 e. The number of rotatable bonds is 4. The Kier molecular flexibility index (Phi) is 3.64. The van der Waals surface area contributed by atoms with Crippen LogP contribution in [0.25, 0.3) is 0 Å². The number of nitrogens with zero attached hydrogens (tertiary/aromatic N) is 5. The highest BCUT2D eigenvalue weighted by Crippen LogP contribution is 2.17. The predicted molar refractivity (Wildman–Crippen MR) is 70.6 cm³/mol. The highest BCUT2D eigenvalue weighted by atomic mass is 16.2. The molecule has 8 heteroatoms. The standard InChI is InChI=1S/C13H14N6O2/c1-13(2)11(20)19(12(21)17-13)5-3-4-18-8-16-9(6-14)10(18)7-15/h8H,3-5H2,1-2H3,(H,17,21). The van der Waals surface area contributed by atoms with Gasteiger partial charge in [0.1, 0.15) is 17.7 Å². The van der Waals surface area contributed by atoms with E-state index in [4.69, 9.17) is 10.5 Å². The molecular weight excluding hydrogens is 272 g/mol. The molecule has 0 unspecified atom stereocenters. The summed E-state index contributed by atoms with van der Waals surface area (Å²) in [6.45, 7) is 3.94. The first-order valence-electron chi connectivity index (χ1n) is 6.40. The van der Waals surface area contributed by atoms with Gasteiger partial charge in [-0.2, -0.15) is 10.5 Å². The van der Waals surface area contributed by atoms with E-state index in [2.05, 4.69) is 10.3 Å². The zero-order valence-corrected chi connectivity index (χ0v) is 11.8. The molecule has 1 aliphatic heterocycles. The molecule has 0 aromatic carbocycles. The van der Waals surface area contributed by atoms with E-state index in [1.165, 1.54) is 6.33 Å². The maximum absolute atomic E-state index is 12.0. The number of aryl methyl sites for hydroxylation is 1. The number of carbonyl (C=O) groups is 2. The third-order valence-electron chi connectivity index (χ3n) is 3.27. The number of urea groups is 1. The van der Waals surface area contributed by atoms with Gasteiger partial charge in [-0.05, 0) is 20.3 Å². The summed E-state index contributed by atoms with van der Waals surface area (Å²) < 4.78 is 1.54. The fourth-order valence-electron chi connectivity index (χ4n) is 2.17. The maximum Gasteiger partial charge on any atom is 0.325 e. The van der Waals surface area contributed by atoms with Crippen LogP contribution in [0.4, 0.5) is 4.79 Å². The molecule has 2 heterocycles. The van der Waals surface area contributed by atoms with E-state index in [-0.39, 0.29) is 23.8 Å². The molecule has 1 fully saturated rings. The van der Waals surface area contributed by atoms with Crippen LogP contribution in [0.5, 0.6) is 0 Å². The molecule has 0 atom stereocenters. The quantitative estimate of drug-likeness (QED) is 0.802. The van der Waals surface area contributed by atoms with Crippen LogP contribution in [0.15, 0.2) is 6.33 Å². The first kappa shape index (κ1) is 14.5. The SMILES string of the molecule is CC1(C)NC(=O)N(CCCn2cnc(C#N)c2C#N)C1=O. The van der Waals surface area contributed by atoms with Crippen LogP contribution >= 0.6 is 0 Å². The number of amides is 3. The molecule has 108 valence electrons. The summed E-state index contributed by atoms with van der Waals surface area (Å²) in [5, 5.41) is 20.4. The van der Waals surface area contributed by atoms with Gasteiger partial charge < -0.3 is 9.88 Å². The number of hydrogen-bond acceptors (Lipinski definition) is 5. The van der Waals surface area contributed by atoms with E-state index in [1.807, 2.05) is 12.1 Å². The first-order valence-corrected chi connectivity index (χ1v) is 6.40. The molecule has 8 nitrogen and oxygen atoms in total. The second-order valence-corrected chi connectivity index (χ2v) is 5.22. The van der Waals surface area contributed by atoms with Crippen molar-refractivity contribution in [1.82, 2.24) is 19.8 Å². The van der Waals surface area contributed by atoms with Gasteiger partial charge in [-0.3, -0.25) is 9.69 Å². The molecule has 1 aliphatic rings. The van der Waals surface area contributed by atoms with Gasteiger partial charge in [-0.1, -0.05) is 0 Å². The van der Waals surface area contributed by atoms with Crippen LogP contribution in [0.3, 0.4) is 0 Å². The summed E-state index contributed by atoms with van der Waals surface area (Å²) in [6, 6.07) is 3.35. The monoisotopic (exact) mass is 286 g/mol. The molecule has 0 spiro atoms. The summed E-state index contributed by atoms with van der Waals surface area (Å²) in [5.41, 5.74) is -0.610. The van der Waals surface area contributed by atoms with E-state index >= 15 is 0 Å². The molecule has 0 bridgehead atoms. The van der Waals surface area contributed by atoms with E-state index in [0.29, 0.717) is 13.0 Å². The van der Waals surface area contributed by atoms with Crippen molar-refractivity contribution in [3.8, 4) is 12.1 Å². The lowest BCUT2D eigenvalue weighted by Gasteiger charge is -2.16. The number of aromatic nitrogens is 2. The Balaban J connectivity index is 1.99. The molecule has 1 N–H and O–H groups in total. The number of carbonyl (C=O) groups excluding carboxylic acids is 2. The third-order valence-corrected chi connectivity index (χ3v) is 3.27. The molecule has 1 saturated heterocycles. The van der Waals surface area contributed by atoms with Crippen molar-refractivity contribution in [3.63, 3.8) is 0 Å². The van der Waals surface area contributed by atoms with Crippen molar-refractivity contribution in [3.05, 3.63) is 17.7 Å². The van der Waals surface area contributed by atoms with Crippen LogP contribution in [0.2, 0.25) is 0 Å².